The molecule has 1 amide bonds. The summed E-state index contributed by atoms with van der Waals surface area (Å²) >= 11 is 3.41. The monoisotopic (exact) mass is 325 g/mol. The smallest absolute Gasteiger partial charge is 0.228 e. The number of halogens is 1. The molecule has 0 fully saturated rings. The van der Waals surface area contributed by atoms with Gasteiger partial charge in [0, 0.05) is 11.4 Å². The van der Waals surface area contributed by atoms with E-state index >= 15 is 0 Å². The number of carbonyl (C=O) groups is 1. The fraction of sp³-hybridized carbons (Fsp3) is 0.562. The molecule has 0 aliphatic heterocycles. The van der Waals surface area contributed by atoms with Crippen molar-refractivity contribution in [2.45, 2.75) is 45.6 Å². The molecule has 0 saturated heterocycles. The summed E-state index contributed by atoms with van der Waals surface area (Å²) < 4.78 is 0. The summed E-state index contributed by atoms with van der Waals surface area (Å²) in [5, 5.41) is 4.04. The predicted molar refractivity (Wildman–Crippen MR) is 84.7 cm³/mol. The highest BCUT2D eigenvalue weighted by atomic mass is 79.9. The second-order valence-electron chi connectivity index (χ2n) is 5.16. The lowest BCUT2D eigenvalue weighted by molar-refractivity contribution is -0.124. The Labute approximate surface area is 125 Å². The summed E-state index contributed by atoms with van der Waals surface area (Å²) in [5.74, 6) is 0.441. The van der Waals surface area contributed by atoms with Crippen LogP contribution in [0.2, 0.25) is 0 Å². The van der Waals surface area contributed by atoms with E-state index in [1.807, 2.05) is 30.3 Å². The van der Waals surface area contributed by atoms with Crippen LogP contribution in [0.1, 0.15) is 45.1 Å². The number of rotatable bonds is 7. The molecule has 3 unspecified atom stereocenters. The molecule has 0 radical (unpaired) electrons. The molecule has 0 aromatic heterocycles. The minimum absolute atomic E-state index is 0.0519. The molecule has 0 bridgehead atoms. The SMILES string of the molecule is CCC(C)C(C(=O)NC(C)CCBr)c1ccccc1. The Kier molecular flexibility index (Phi) is 7.14. The number of hydrogen-bond acceptors (Lipinski definition) is 1. The molecule has 0 heterocycles. The maximum atomic E-state index is 12.5. The average Bonchev–Trinajstić information content (AvgIpc) is 2.40. The third-order valence-electron chi connectivity index (χ3n) is 3.58. The molecule has 0 saturated carbocycles. The number of amides is 1. The number of hydrogen-bond donors (Lipinski definition) is 1. The molecule has 0 spiro atoms. The molecule has 1 aromatic rings. The highest BCUT2D eigenvalue weighted by molar-refractivity contribution is 9.09. The topological polar surface area (TPSA) is 29.1 Å². The average molecular weight is 326 g/mol. The number of alkyl halides is 1. The van der Waals surface area contributed by atoms with Crippen molar-refractivity contribution in [1.29, 1.82) is 0 Å². The number of benzene rings is 1. The quantitative estimate of drug-likeness (QED) is 0.751. The van der Waals surface area contributed by atoms with E-state index < -0.39 is 0 Å². The van der Waals surface area contributed by atoms with Gasteiger partial charge >= 0.3 is 0 Å². The van der Waals surface area contributed by atoms with Crippen LogP contribution in [-0.4, -0.2) is 17.3 Å². The molecular weight excluding hydrogens is 302 g/mol. The van der Waals surface area contributed by atoms with E-state index in [4.69, 9.17) is 0 Å². The normalized spacial score (nSPS) is 15.6. The standard InChI is InChI=1S/C16H24BrNO/c1-4-12(2)15(14-8-6-5-7-9-14)16(19)18-13(3)10-11-17/h5-9,12-13,15H,4,10-11H2,1-3H3,(H,18,19). The Morgan fingerprint density at radius 3 is 2.42 bits per heavy atom. The third kappa shape index (κ3) is 4.98. The van der Waals surface area contributed by atoms with Gasteiger partial charge in [0.05, 0.1) is 5.92 Å². The van der Waals surface area contributed by atoms with Crippen molar-refractivity contribution in [1.82, 2.24) is 5.32 Å². The van der Waals surface area contributed by atoms with E-state index in [-0.39, 0.29) is 17.9 Å². The zero-order valence-corrected chi connectivity index (χ0v) is 13.6. The molecule has 1 N–H and O–H groups in total. The zero-order chi connectivity index (χ0) is 14.3. The van der Waals surface area contributed by atoms with Gasteiger partial charge in [-0.1, -0.05) is 66.5 Å². The Hall–Kier alpha value is -0.830. The van der Waals surface area contributed by atoms with E-state index in [1.54, 1.807) is 0 Å². The van der Waals surface area contributed by atoms with Gasteiger partial charge in [-0.2, -0.15) is 0 Å². The minimum Gasteiger partial charge on any atom is -0.353 e. The van der Waals surface area contributed by atoms with Gasteiger partial charge < -0.3 is 5.32 Å². The lowest BCUT2D eigenvalue weighted by Crippen LogP contribution is -2.38. The van der Waals surface area contributed by atoms with Crippen LogP contribution in [0.25, 0.3) is 0 Å². The van der Waals surface area contributed by atoms with E-state index in [9.17, 15) is 4.79 Å². The van der Waals surface area contributed by atoms with Crippen molar-refractivity contribution in [3.63, 3.8) is 0 Å². The van der Waals surface area contributed by atoms with E-state index in [2.05, 4.69) is 42.0 Å². The van der Waals surface area contributed by atoms with Gasteiger partial charge in [0.15, 0.2) is 0 Å². The second kappa shape index (κ2) is 8.36. The molecule has 3 heteroatoms. The van der Waals surface area contributed by atoms with Crippen molar-refractivity contribution in [3.8, 4) is 0 Å². The molecular formula is C16H24BrNO. The van der Waals surface area contributed by atoms with Gasteiger partial charge in [-0.05, 0) is 24.8 Å². The Morgan fingerprint density at radius 2 is 1.89 bits per heavy atom. The van der Waals surface area contributed by atoms with Crippen LogP contribution >= 0.6 is 15.9 Å². The number of carbonyl (C=O) groups excluding carboxylic acids is 1. The van der Waals surface area contributed by atoms with Crippen LogP contribution in [0.5, 0.6) is 0 Å². The summed E-state index contributed by atoms with van der Waals surface area (Å²) in [6.07, 6.45) is 1.95. The molecule has 0 aliphatic rings. The highest BCUT2D eigenvalue weighted by Gasteiger charge is 2.26. The minimum atomic E-state index is -0.0519. The van der Waals surface area contributed by atoms with Crippen LogP contribution in [0.4, 0.5) is 0 Å². The van der Waals surface area contributed by atoms with Crippen LogP contribution in [-0.2, 0) is 4.79 Å². The molecule has 1 rings (SSSR count). The first-order valence-corrected chi connectivity index (χ1v) is 8.13. The van der Waals surface area contributed by atoms with E-state index in [0.717, 1.165) is 23.7 Å². The molecule has 2 nitrogen and oxygen atoms in total. The van der Waals surface area contributed by atoms with Crippen molar-refractivity contribution >= 4 is 21.8 Å². The van der Waals surface area contributed by atoms with Gasteiger partial charge in [0.25, 0.3) is 0 Å². The van der Waals surface area contributed by atoms with Gasteiger partial charge in [0.1, 0.15) is 0 Å². The van der Waals surface area contributed by atoms with Crippen LogP contribution < -0.4 is 5.32 Å². The lowest BCUT2D eigenvalue weighted by atomic mass is 9.84. The Morgan fingerprint density at radius 1 is 1.26 bits per heavy atom. The predicted octanol–water partition coefficient (Wildman–Crippen LogP) is 4.11. The van der Waals surface area contributed by atoms with Crippen LogP contribution in [0.3, 0.4) is 0 Å². The molecule has 3 atom stereocenters. The Balaban J connectivity index is 2.83. The summed E-state index contributed by atoms with van der Waals surface area (Å²) in [6.45, 7) is 6.33. The molecule has 19 heavy (non-hydrogen) atoms. The first-order valence-electron chi connectivity index (χ1n) is 7.01. The third-order valence-corrected chi connectivity index (χ3v) is 4.04. The fourth-order valence-corrected chi connectivity index (χ4v) is 2.89. The molecule has 0 aliphatic carbocycles. The van der Waals surface area contributed by atoms with Gasteiger partial charge in [-0.25, -0.2) is 0 Å². The van der Waals surface area contributed by atoms with Crippen molar-refractivity contribution in [3.05, 3.63) is 35.9 Å². The van der Waals surface area contributed by atoms with Crippen LogP contribution in [0.15, 0.2) is 30.3 Å². The molecule has 1 aromatic carbocycles. The zero-order valence-electron chi connectivity index (χ0n) is 12.0. The van der Waals surface area contributed by atoms with Crippen LogP contribution in [0, 0.1) is 5.92 Å². The maximum absolute atomic E-state index is 12.5. The highest BCUT2D eigenvalue weighted by Crippen LogP contribution is 2.27. The molecule has 106 valence electrons. The summed E-state index contributed by atoms with van der Waals surface area (Å²) in [7, 11) is 0. The second-order valence-corrected chi connectivity index (χ2v) is 5.95. The first kappa shape index (κ1) is 16.2. The van der Waals surface area contributed by atoms with E-state index in [0.29, 0.717) is 5.92 Å². The summed E-state index contributed by atoms with van der Waals surface area (Å²) in [4.78, 5) is 12.5. The van der Waals surface area contributed by atoms with E-state index in [1.165, 1.54) is 0 Å². The van der Waals surface area contributed by atoms with Gasteiger partial charge in [0.2, 0.25) is 5.91 Å². The Bertz CT molecular complexity index is 380. The number of nitrogens with one attached hydrogen (secondary N) is 1. The maximum Gasteiger partial charge on any atom is 0.228 e. The van der Waals surface area contributed by atoms with Crippen molar-refractivity contribution in [2.75, 3.05) is 5.33 Å². The van der Waals surface area contributed by atoms with Gasteiger partial charge in [-0.3, -0.25) is 4.79 Å². The van der Waals surface area contributed by atoms with Crippen molar-refractivity contribution in [2.24, 2.45) is 5.92 Å². The van der Waals surface area contributed by atoms with Crippen molar-refractivity contribution < 1.29 is 4.79 Å². The largest absolute Gasteiger partial charge is 0.353 e. The lowest BCUT2D eigenvalue weighted by Gasteiger charge is -2.24. The van der Waals surface area contributed by atoms with Gasteiger partial charge in [-0.15, -0.1) is 0 Å². The first-order chi connectivity index (χ1) is 9.10. The summed E-state index contributed by atoms with van der Waals surface area (Å²) in [6, 6.07) is 10.3. The summed E-state index contributed by atoms with van der Waals surface area (Å²) in [5.41, 5.74) is 1.11. The fourth-order valence-electron chi connectivity index (χ4n) is 2.20.